The van der Waals surface area contributed by atoms with Crippen molar-refractivity contribution in [2.45, 2.75) is 25.4 Å². The molecule has 1 aromatic rings. The Balaban J connectivity index is 3.33. The summed E-state index contributed by atoms with van der Waals surface area (Å²) in [6.45, 7) is 2.14. The fourth-order valence-corrected chi connectivity index (χ4v) is 2.05. The number of hydrogen-bond donors (Lipinski definition) is 2. The van der Waals surface area contributed by atoms with E-state index in [4.69, 9.17) is 15.2 Å². The molecule has 0 saturated carbocycles. The molecule has 0 spiro atoms. The van der Waals surface area contributed by atoms with Gasteiger partial charge in [0.15, 0.2) is 0 Å². The zero-order valence-corrected chi connectivity index (χ0v) is 10.7. The Bertz CT molecular complexity index is 345. The van der Waals surface area contributed by atoms with Gasteiger partial charge in [-0.1, -0.05) is 19.4 Å². The van der Waals surface area contributed by atoms with E-state index < -0.39 is 5.60 Å². The van der Waals surface area contributed by atoms with Crippen molar-refractivity contribution < 1.29 is 14.6 Å². The highest BCUT2D eigenvalue weighted by Crippen LogP contribution is 2.39. The van der Waals surface area contributed by atoms with Crippen LogP contribution in [0, 0.1) is 0 Å². The molecular weight excluding hydrogens is 218 g/mol. The first-order chi connectivity index (χ1) is 8.12. The standard InChI is InChI=1S/C13H21NO3/c1-4-8-13(15,9-14)12-10(16-2)6-5-7-11(12)17-3/h5-7,15H,4,8-9,14H2,1-3H3. The Labute approximate surface area is 102 Å². The first-order valence-electron chi connectivity index (χ1n) is 5.76. The molecule has 3 N–H and O–H groups in total. The van der Waals surface area contributed by atoms with Gasteiger partial charge in [-0.05, 0) is 18.6 Å². The zero-order valence-electron chi connectivity index (χ0n) is 10.7. The average Bonchev–Trinajstić information content (AvgIpc) is 2.37. The molecule has 0 fully saturated rings. The van der Waals surface area contributed by atoms with E-state index >= 15 is 0 Å². The highest BCUT2D eigenvalue weighted by molar-refractivity contribution is 5.48. The molecule has 96 valence electrons. The lowest BCUT2D eigenvalue weighted by Gasteiger charge is -2.29. The van der Waals surface area contributed by atoms with Gasteiger partial charge in [0.1, 0.15) is 17.1 Å². The minimum Gasteiger partial charge on any atom is -0.496 e. The number of aliphatic hydroxyl groups is 1. The van der Waals surface area contributed by atoms with Crippen molar-refractivity contribution in [3.63, 3.8) is 0 Å². The maximum atomic E-state index is 10.6. The molecule has 0 heterocycles. The van der Waals surface area contributed by atoms with Gasteiger partial charge in [0.05, 0.1) is 19.8 Å². The molecule has 0 aliphatic carbocycles. The van der Waals surface area contributed by atoms with Crippen LogP contribution < -0.4 is 15.2 Å². The summed E-state index contributed by atoms with van der Waals surface area (Å²) < 4.78 is 10.6. The Morgan fingerprint density at radius 2 is 1.76 bits per heavy atom. The third-order valence-corrected chi connectivity index (χ3v) is 2.89. The molecule has 0 aliphatic rings. The minimum absolute atomic E-state index is 0.136. The van der Waals surface area contributed by atoms with Crippen molar-refractivity contribution in [3.8, 4) is 11.5 Å². The summed E-state index contributed by atoms with van der Waals surface area (Å²) in [5.41, 5.74) is 5.24. The van der Waals surface area contributed by atoms with E-state index in [-0.39, 0.29) is 6.54 Å². The van der Waals surface area contributed by atoms with Crippen LogP contribution in [0.15, 0.2) is 18.2 Å². The van der Waals surface area contributed by atoms with Crippen molar-refractivity contribution in [2.75, 3.05) is 20.8 Å². The third-order valence-electron chi connectivity index (χ3n) is 2.89. The van der Waals surface area contributed by atoms with E-state index in [0.717, 1.165) is 6.42 Å². The van der Waals surface area contributed by atoms with Crippen LogP contribution in [0.1, 0.15) is 25.3 Å². The highest BCUT2D eigenvalue weighted by Gasteiger charge is 2.33. The fourth-order valence-electron chi connectivity index (χ4n) is 2.05. The molecular formula is C13H21NO3. The summed E-state index contributed by atoms with van der Waals surface area (Å²) in [6, 6.07) is 5.42. The number of hydrogen-bond acceptors (Lipinski definition) is 4. The number of nitrogens with two attached hydrogens (primary N) is 1. The maximum Gasteiger partial charge on any atom is 0.128 e. The Kier molecular flexibility index (Phi) is 4.78. The molecule has 1 unspecified atom stereocenters. The molecule has 17 heavy (non-hydrogen) atoms. The Morgan fingerprint density at radius 1 is 1.24 bits per heavy atom. The molecule has 0 aliphatic heterocycles. The second-order valence-electron chi connectivity index (χ2n) is 4.02. The summed E-state index contributed by atoms with van der Waals surface area (Å²) in [6.07, 6.45) is 1.40. The SMILES string of the molecule is CCCC(O)(CN)c1c(OC)cccc1OC. The van der Waals surface area contributed by atoms with E-state index in [2.05, 4.69) is 0 Å². The lowest BCUT2D eigenvalue weighted by Crippen LogP contribution is -2.35. The number of methoxy groups -OCH3 is 2. The van der Waals surface area contributed by atoms with E-state index in [1.165, 1.54) is 0 Å². The second-order valence-corrected chi connectivity index (χ2v) is 4.02. The lowest BCUT2D eigenvalue weighted by atomic mass is 9.88. The maximum absolute atomic E-state index is 10.6. The highest BCUT2D eigenvalue weighted by atomic mass is 16.5. The predicted octanol–water partition coefficient (Wildman–Crippen LogP) is 1.65. The van der Waals surface area contributed by atoms with Crippen LogP contribution in [0.25, 0.3) is 0 Å². The molecule has 1 rings (SSSR count). The van der Waals surface area contributed by atoms with Crippen molar-refractivity contribution in [2.24, 2.45) is 5.73 Å². The van der Waals surface area contributed by atoms with Crippen molar-refractivity contribution in [1.82, 2.24) is 0 Å². The molecule has 0 saturated heterocycles. The van der Waals surface area contributed by atoms with Crippen LogP contribution in [0.3, 0.4) is 0 Å². The van der Waals surface area contributed by atoms with E-state index in [1.54, 1.807) is 26.4 Å². The molecule has 0 radical (unpaired) electrons. The molecule has 1 atom stereocenters. The number of benzene rings is 1. The summed E-state index contributed by atoms with van der Waals surface area (Å²) in [4.78, 5) is 0. The van der Waals surface area contributed by atoms with Crippen LogP contribution in [0.4, 0.5) is 0 Å². The third kappa shape index (κ3) is 2.70. The van der Waals surface area contributed by atoms with Gasteiger partial charge in [-0.2, -0.15) is 0 Å². The van der Waals surface area contributed by atoms with Crippen LogP contribution in [-0.2, 0) is 5.60 Å². The van der Waals surface area contributed by atoms with Crippen molar-refractivity contribution >= 4 is 0 Å². The Hall–Kier alpha value is -1.26. The van der Waals surface area contributed by atoms with Crippen molar-refractivity contribution in [3.05, 3.63) is 23.8 Å². The first-order valence-corrected chi connectivity index (χ1v) is 5.76. The largest absolute Gasteiger partial charge is 0.496 e. The van der Waals surface area contributed by atoms with Gasteiger partial charge in [0, 0.05) is 6.54 Å². The summed E-state index contributed by atoms with van der Waals surface area (Å²) in [5.74, 6) is 1.21. The summed E-state index contributed by atoms with van der Waals surface area (Å²) in [7, 11) is 3.14. The monoisotopic (exact) mass is 239 g/mol. The summed E-state index contributed by atoms with van der Waals surface area (Å²) in [5, 5.41) is 10.6. The quantitative estimate of drug-likeness (QED) is 0.792. The number of rotatable bonds is 6. The van der Waals surface area contributed by atoms with Crippen LogP contribution in [-0.4, -0.2) is 25.9 Å². The van der Waals surface area contributed by atoms with Crippen LogP contribution in [0.5, 0.6) is 11.5 Å². The van der Waals surface area contributed by atoms with E-state index in [9.17, 15) is 5.11 Å². The molecule has 0 bridgehead atoms. The van der Waals surface area contributed by atoms with Gasteiger partial charge in [-0.25, -0.2) is 0 Å². The lowest BCUT2D eigenvalue weighted by molar-refractivity contribution is 0.0311. The minimum atomic E-state index is -1.10. The van der Waals surface area contributed by atoms with Gasteiger partial charge < -0.3 is 20.3 Å². The predicted molar refractivity (Wildman–Crippen MR) is 67.4 cm³/mol. The first kappa shape index (κ1) is 13.8. The molecule has 1 aromatic carbocycles. The van der Waals surface area contributed by atoms with Gasteiger partial charge in [-0.3, -0.25) is 0 Å². The molecule has 4 nitrogen and oxygen atoms in total. The van der Waals surface area contributed by atoms with Crippen LogP contribution >= 0.6 is 0 Å². The van der Waals surface area contributed by atoms with E-state index in [0.29, 0.717) is 23.5 Å². The normalized spacial score (nSPS) is 14.2. The molecule has 0 aromatic heterocycles. The fraction of sp³-hybridized carbons (Fsp3) is 0.538. The van der Waals surface area contributed by atoms with Gasteiger partial charge >= 0.3 is 0 Å². The van der Waals surface area contributed by atoms with Crippen molar-refractivity contribution in [1.29, 1.82) is 0 Å². The van der Waals surface area contributed by atoms with E-state index in [1.807, 2.05) is 13.0 Å². The smallest absolute Gasteiger partial charge is 0.128 e. The molecule has 4 heteroatoms. The number of ether oxygens (including phenoxy) is 2. The van der Waals surface area contributed by atoms with Gasteiger partial charge in [0.25, 0.3) is 0 Å². The topological polar surface area (TPSA) is 64.7 Å². The molecule has 0 amide bonds. The van der Waals surface area contributed by atoms with Crippen LogP contribution in [0.2, 0.25) is 0 Å². The van der Waals surface area contributed by atoms with Gasteiger partial charge in [-0.15, -0.1) is 0 Å². The zero-order chi connectivity index (χ0) is 12.9. The van der Waals surface area contributed by atoms with Gasteiger partial charge in [0.2, 0.25) is 0 Å². The average molecular weight is 239 g/mol. The second kappa shape index (κ2) is 5.89. The summed E-state index contributed by atoms with van der Waals surface area (Å²) >= 11 is 0. The Morgan fingerprint density at radius 3 is 2.12 bits per heavy atom.